The van der Waals surface area contributed by atoms with Gasteiger partial charge in [-0.15, -0.1) is 13.2 Å². The Hall–Kier alpha value is -2.29. The number of hydrogen-bond acceptors (Lipinski definition) is 5. The molecule has 0 aliphatic carbocycles. The largest absolute Gasteiger partial charge is 0.573 e. The van der Waals surface area contributed by atoms with Crippen molar-refractivity contribution in [1.82, 2.24) is 10.2 Å². The number of alkyl halides is 3. The highest BCUT2D eigenvalue weighted by Gasteiger charge is 2.36. The van der Waals surface area contributed by atoms with Gasteiger partial charge in [0, 0.05) is 31.7 Å². The van der Waals surface area contributed by atoms with E-state index in [1.165, 1.54) is 18.2 Å². The molecule has 8 heteroatoms. The molecule has 2 unspecified atom stereocenters. The van der Waals surface area contributed by atoms with Gasteiger partial charge in [0.2, 0.25) is 0 Å². The molecule has 0 spiro atoms. The Morgan fingerprint density at radius 3 is 2.66 bits per heavy atom. The smallest absolute Gasteiger partial charge is 0.490 e. The van der Waals surface area contributed by atoms with E-state index in [0.717, 1.165) is 37.5 Å². The van der Waals surface area contributed by atoms with Crippen molar-refractivity contribution >= 4 is 0 Å². The number of halogens is 3. The Balaban J connectivity index is 1.49. The molecular formula is C21H23F3N2O3. The Morgan fingerprint density at radius 2 is 1.86 bits per heavy atom. The third kappa shape index (κ3) is 5.01. The Kier molecular flexibility index (Phi) is 5.94. The van der Waals surface area contributed by atoms with Crippen molar-refractivity contribution in [3.63, 3.8) is 0 Å². The zero-order valence-electron chi connectivity index (χ0n) is 15.8. The van der Waals surface area contributed by atoms with E-state index in [9.17, 15) is 13.2 Å². The van der Waals surface area contributed by atoms with Crippen molar-refractivity contribution in [3.8, 4) is 11.5 Å². The van der Waals surface area contributed by atoms with Crippen LogP contribution in [-0.2, 0) is 11.3 Å². The average molecular weight is 408 g/mol. The molecule has 1 N–H and O–H groups in total. The van der Waals surface area contributed by atoms with Gasteiger partial charge in [-0.2, -0.15) is 0 Å². The summed E-state index contributed by atoms with van der Waals surface area (Å²) in [6.07, 6.45) is -4.94. The van der Waals surface area contributed by atoms with E-state index in [2.05, 4.69) is 21.0 Å². The molecule has 156 valence electrons. The Bertz CT molecular complexity index is 825. The summed E-state index contributed by atoms with van der Waals surface area (Å²) >= 11 is 0. The number of nitrogens with zero attached hydrogens (tertiary/aromatic N) is 1. The molecule has 1 saturated heterocycles. The van der Waals surface area contributed by atoms with Crippen LogP contribution in [0.3, 0.4) is 0 Å². The van der Waals surface area contributed by atoms with E-state index >= 15 is 0 Å². The first-order valence-corrected chi connectivity index (χ1v) is 9.62. The second kappa shape index (κ2) is 8.61. The molecule has 2 aliphatic heterocycles. The van der Waals surface area contributed by atoms with Crippen molar-refractivity contribution in [2.75, 3.05) is 32.8 Å². The van der Waals surface area contributed by atoms with Crippen molar-refractivity contribution in [2.45, 2.75) is 25.1 Å². The van der Waals surface area contributed by atoms with Crippen LogP contribution in [0, 0.1) is 0 Å². The monoisotopic (exact) mass is 408 g/mol. The van der Waals surface area contributed by atoms with Crippen LogP contribution in [0.1, 0.15) is 17.2 Å². The van der Waals surface area contributed by atoms with Crippen LogP contribution >= 0.6 is 0 Å². The molecule has 4 rings (SSSR count). The zero-order chi connectivity index (χ0) is 20.3. The van der Waals surface area contributed by atoms with Gasteiger partial charge in [0.15, 0.2) is 0 Å². The van der Waals surface area contributed by atoms with Crippen LogP contribution in [0.2, 0.25) is 0 Å². The number of para-hydroxylation sites is 1. The number of benzene rings is 2. The first kappa shape index (κ1) is 20.0. The minimum atomic E-state index is -4.71. The van der Waals surface area contributed by atoms with Crippen molar-refractivity contribution < 1.29 is 27.4 Å². The molecule has 0 saturated carbocycles. The summed E-state index contributed by atoms with van der Waals surface area (Å²) in [4.78, 5) is 2.38. The minimum Gasteiger partial charge on any atom is -0.490 e. The molecule has 2 atom stereocenters. The highest BCUT2D eigenvalue weighted by Crippen LogP contribution is 2.38. The minimum absolute atomic E-state index is 0.0386. The summed E-state index contributed by atoms with van der Waals surface area (Å²) in [5, 5.41) is 3.36. The van der Waals surface area contributed by atoms with Crippen LogP contribution in [0.4, 0.5) is 13.2 Å². The van der Waals surface area contributed by atoms with Crippen molar-refractivity contribution in [3.05, 3.63) is 59.7 Å². The van der Waals surface area contributed by atoms with Gasteiger partial charge in [-0.25, -0.2) is 0 Å². The van der Waals surface area contributed by atoms with Crippen molar-refractivity contribution in [1.29, 1.82) is 0 Å². The Labute approximate surface area is 167 Å². The lowest BCUT2D eigenvalue weighted by molar-refractivity contribution is -0.274. The normalized spacial score (nSPS) is 22.6. The number of hydrogen-bond donors (Lipinski definition) is 1. The highest BCUT2D eigenvalue weighted by molar-refractivity contribution is 5.38. The van der Waals surface area contributed by atoms with Crippen LogP contribution in [0.15, 0.2) is 48.5 Å². The highest BCUT2D eigenvalue weighted by atomic mass is 19.4. The van der Waals surface area contributed by atoms with E-state index in [1.807, 2.05) is 18.2 Å². The quantitative estimate of drug-likeness (QED) is 0.820. The first-order valence-electron chi connectivity index (χ1n) is 9.62. The maximum absolute atomic E-state index is 12.5. The summed E-state index contributed by atoms with van der Waals surface area (Å²) in [5.41, 5.74) is 1.70. The second-order valence-corrected chi connectivity index (χ2v) is 7.12. The van der Waals surface area contributed by atoms with E-state index in [4.69, 9.17) is 9.47 Å². The van der Waals surface area contributed by atoms with Gasteiger partial charge in [-0.1, -0.05) is 30.3 Å². The van der Waals surface area contributed by atoms with Gasteiger partial charge in [0.1, 0.15) is 24.2 Å². The lowest BCUT2D eigenvalue weighted by atomic mass is 9.95. The number of nitrogens with one attached hydrogen (secondary N) is 1. The van der Waals surface area contributed by atoms with Crippen molar-refractivity contribution in [2.24, 2.45) is 0 Å². The SMILES string of the molecule is FC(F)(F)Oc1cccc(COC2COc3ccccc3C2N2CCNCC2)c1. The maximum Gasteiger partial charge on any atom is 0.573 e. The predicted molar refractivity (Wildman–Crippen MR) is 101 cm³/mol. The summed E-state index contributed by atoms with van der Waals surface area (Å²) < 4.78 is 53.4. The van der Waals surface area contributed by atoms with Crippen LogP contribution in [0.25, 0.3) is 0 Å². The summed E-state index contributed by atoms with van der Waals surface area (Å²) in [5.74, 6) is 0.610. The third-order valence-electron chi connectivity index (χ3n) is 5.13. The molecule has 2 aliphatic rings. The number of piperazine rings is 1. The number of rotatable bonds is 5. The summed E-state index contributed by atoms with van der Waals surface area (Å²) in [7, 11) is 0. The molecule has 2 aromatic carbocycles. The van der Waals surface area contributed by atoms with Gasteiger partial charge in [0.05, 0.1) is 12.6 Å². The van der Waals surface area contributed by atoms with Gasteiger partial charge < -0.3 is 19.5 Å². The van der Waals surface area contributed by atoms with Gasteiger partial charge in [-0.05, 0) is 23.8 Å². The zero-order valence-corrected chi connectivity index (χ0v) is 15.8. The molecule has 0 amide bonds. The molecule has 0 radical (unpaired) electrons. The molecule has 2 aromatic rings. The summed E-state index contributed by atoms with van der Waals surface area (Å²) in [6.45, 7) is 4.17. The molecule has 1 fully saturated rings. The third-order valence-corrected chi connectivity index (χ3v) is 5.13. The van der Waals surface area contributed by atoms with Crippen LogP contribution in [0.5, 0.6) is 11.5 Å². The van der Waals surface area contributed by atoms with E-state index in [1.54, 1.807) is 6.07 Å². The number of ether oxygens (including phenoxy) is 3. The predicted octanol–water partition coefficient (Wildman–Crippen LogP) is 3.51. The van der Waals surface area contributed by atoms with E-state index < -0.39 is 6.36 Å². The Morgan fingerprint density at radius 1 is 1.07 bits per heavy atom. The first-order chi connectivity index (χ1) is 14.0. The second-order valence-electron chi connectivity index (χ2n) is 7.12. The lowest BCUT2D eigenvalue weighted by Crippen LogP contribution is -2.51. The average Bonchev–Trinajstić information content (AvgIpc) is 2.71. The fourth-order valence-corrected chi connectivity index (χ4v) is 3.89. The fraction of sp³-hybridized carbons (Fsp3) is 0.429. The molecule has 2 heterocycles. The standard InChI is InChI=1S/C21H23F3N2O3/c22-21(23,24)29-16-5-3-4-15(12-16)13-27-19-14-28-18-7-2-1-6-17(18)20(19)26-10-8-25-9-11-26/h1-7,12,19-20,25H,8-11,13-14H2. The van der Waals surface area contributed by atoms with Gasteiger partial charge >= 0.3 is 6.36 Å². The maximum atomic E-state index is 12.5. The molecular weight excluding hydrogens is 385 g/mol. The molecule has 0 bridgehead atoms. The number of fused-ring (bicyclic) bond motifs is 1. The summed E-state index contributed by atoms with van der Waals surface area (Å²) in [6, 6.07) is 13.9. The van der Waals surface area contributed by atoms with Gasteiger partial charge in [-0.3, -0.25) is 4.90 Å². The topological polar surface area (TPSA) is 43.0 Å². The van der Waals surface area contributed by atoms with Crippen LogP contribution < -0.4 is 14.8 Å². The lowest BCUT2D eigenvalue weighted by Gasteiger charge is -2.42. The van der Waals surface area contributed by atoms with Crippen LogP contribution in [-0.4, -0.2) is 50.2 Å². The van der Waals surface area contributed by atoms with Gasteiger partial charge in [0.25, 0.3) is 0 Å². The van der Waals surface area contributed by atoms with E-state index in [0.29, 0.717) is 12.2 Å². The molecule has 0 aromatic heterocycles. The van der Waals surface area contributed by atoms with E-state index in [-0.39, 0.29) is 24.5 Å². The fourth-order valence-electron chi connectivity index (χ4n) is 3.89. The molecule has 29 heavy (non-hydrogen) atoms. The molecule has 5 nitrogen and oxygen atoms in total.